The van der Waals surface area contributed by atoms with Crippen molar-refractivity contribution in [1.82, 2.24) is 10.1 Å². The Bertz CT molecular complexity index is 727. The second-order valence-electron chi connectivity index (χ2n) is 5.39. The fourth-order valence-corrected chi connectivity index (χ4v) is 2.43. The fourth-order valence-electron chi connectivity index (χ4n) is 2.43. The molecule has 3 rings (SSSR count). The van der Waals surface area contributed by atoms with Crippen molar-refractivity contribution in [2.45, 2.75) is 33.1 Å². The first kappa shape index (κ1) is 14.5. The molecule has 0 aliphatic heterocycles. The number of aryl methyl sites for hydroxylation is 2. The molecule has 0 N–H and O–H groups in total. The van der Waals surface area contributed by atoms with Crippen LogP contribution >= 0.6 is 0 Å². The lowest BCUT2D eigenvalue weighted by atomic mass is 10.0. The highest BCUT2D eigenvalue weighted by Crippen LogP contribution is 2.24. The van der Waals surface area contributed by atoms with E-state index in [0.717, 1.165) is 30.7 Å². The van der Waals surface area contributed by atoms with Crippen LogP contribution in [0.3, 0.4) is 0 Å². The minimum absolute atomic E-state index is 0.594. The van der Waals surface area contributed by atoms with Gasteiger partial charge in [-0.25, -0.2) is 0 Å². The molecule has 22 heavy (non-hydrogen) atoms. The molecule has 0 unspecified atom stereocenters. The van der Waals surface area contributed by atoms with E-state index >= 15 is 0 Å². The number of hydrogen-bond donors (Lipinski definition) is 0. The highest BCUT2D eigenvalue weighted by Gasteiger charge is 2.08. The molecule has 1 heterocycles. The average molecular weight is 292 g/mol. The van der Waals surface area contributed by atoms with E-state index in [1.54, 1.807) is 0 Å². The first-order chi connectivity index (χ1) is 10.8. The molecule has 0 aliphatic rings. The molecule has 3 aromatic rings. The zero-order valence-corrected chi connectivity index (χ0v) is 13.0. The van der Waals surface area contributed by atoms with Crippen LogP contribution in [0, 0.1) is 0 Å². The van der Waals surface area contributed by atoms with E-state index in [1.165, 1.54) is 16.7 Å². The molecule has 0 bridgehead atoms. The molecule has 0 atom stereocenters. The molecular formula is C19H20N2O. The van der Waals surface area contributed by atoms with Gasteiger partial charge in [-0.15, -0.1) is 0 Å². The van der Waals surface area contributed by atoms with E-state index in [-0.39, 0.29) is 0 Å². The third-order valence-electron chi connectivity index (χ3n) is 3.77. The summed E-state index contributed by atoms with van der Waals surface area (Å²) >= 11 is 0. The molecule has 0 fully saturated rings. The maximum absolute atomic E-state index is 5.32. The van der Waals surface area contributed by atoms with Gasteiger partial charge < -0.3 is 4.52 Å². The van der Waals surface area contributed by atoms with Crippen molar-refractivity contribution in [3.8, 4) is 22.6 Å². The van der Waals surface area contributed by atoms with Crippen molar-refractivity contribution in [2.75, 3.05) is 0 Å². The Balaban J connectivity index is 1.81. The van der Waals surface area contributed by atoms with Gasteiger partial charge in [0.2, 0.25) is 0 Å². The van der Waals surface area contributed by atoms with Crippen LogP contribution in [0.15, 0.2) is 53.1 Å². The summed E-state index contributed by atoms with van der Waals surface area (Å²) in [6.07, 6.45) is 2.94. The SMILES string of the molecule is CCCc1noc(-c2ccc(-c3ccc(CC)cc3)cc2)n1. The lowest BCUT2D eigenvalue weighted by Gasteiger charge is -2.04. The topological polar surface area (TPSA) is 38.9 Å². The Labute approximate surface area is 131 Å². The van der Waals surface area contributed by atoms with Gasteiger partial charge in [0.25, 0.3) is 5.89 Å². The van der Waals surface area contributed by atoms with Gasteiger partial charge in [-0.1, -0.05) is 55.4 Å². The number of rotatable bonds is 5. The molecule has 112 valence electrons. The summed E-state index contributed by atoms with van der Waals surface area (Å²) < 4.78 is 5.32. The largest absolute Gasteiger partial charge is 0.334 e. The van der Waals surface area contributed by atoms with Crippen molar-refractivity contribution in [3.05, 3.63) is 59.9 Å². The Morgan fingerprint density at radius 1 is 0.818 bits per heavy atom. The highest BCUT2D eigenvalue weighted by molar-refractivity contribution is 5.67. The van der Waals surface area contributed by atoms with E-state index < -0.39 is 0 Å². The Morgan fingerprint density at radius 2 is 1.41 bits per heavy atom. The maximum atomic E-state index is 5.32. The minimum Gasteiger partial charge on any atom is -0.334 e. The van der Waals surface area contributed by atoms with Crippen molar-refractivity contribution in [2.24, 2.45) is 0 Å². The molecule has 0 spiro atoms. The summed E-state index contributed by atoms with van der Waals surface area (Å²) in [7, 11) is 0. The molecule has 0 saturated heterocycles. The van der Waals surface area contributed by atoms with E-state index in [1.807, 2.05) is 12.1 Å². The summed E-state index contributed by atoms with van der Waals surface area (Å²) in [6, 6.07) is 17.0. The molecular weight excluding hydrogens is 272 g/mol. The van der Waals surface area contributed by atoms with Gasteiger partial charge in [0.05, 0.1) is 0 Å². The van der Waals surface area contributed by atoms with Gasteiger partial charge in [0.15, 0.2) is 5.82 Å². The summed E-state index contributed by atoms with van der Waals surface area (Å²) in [4.78, 5) is 4.42. The van der Waals surface area contributed by atoms with Gasteiger partial charge in [-0.05, 0) is 41.7 Å². The van der Waals surface area contributed by atoms with E-state index in [4.69, 9.17) is 4.52 Å². The standard InChI is InChI=1S/C19H20N2O/c1-3-5-18-20-19(22-21-18)17-12-10-16(11-13-17)15-8-6-14(4-2)7-9-15/h6-13H,3-5H2,1-2H3. The molecule has 2 aromatic carbocycles. The van der Waals surface area contributed by atoms with Crippen molar-refractivity contribution >= 4 is 0 Å². The Kier molecular flexibility index (Phi) is 4.33. The van der Waals surface area contributed by atoms with Crippen LogP contribution < -0.4 is 0 Å². The first-order valence-electron chi connectivity index (χ1n) is 7.82. The number of nitrogens with zero attached hydrogens (tertiary/aromatic N) is 2. The van der Waals surface area contributed by atoms with Crippen LogP contribution in [0.5, 0.6) is 0 Å². The molecule has 1 aromatic heterocycles. The van der Waals surface area contributed by atoms with Crippen molar-refractivity contribution in [1.29, 1.82) is 0 Å². The van der Waals surface area contributed by atoms with Gasteiger partial charge in [0, 0.05) is 12.0 Å². The van der Waals surface area contributed by atoms with Crippen LogP contribution in [0.1, 0.15) is 31.7 Å². The van der Waals surface area contributed by atoms with Crippen LogP contribution in [-0.4, -0.2) is 10.1 Å². The minimum atomic E-state index is 0.594. The van der Waals surface area contributed by atoms with Gasteiger partial charge in [-0.2, -0.15) is 4.98 Å². The quantitative estimate of drug-likeness (QED) is 0.670. The smallest absolute Gasteiger partial charge is 0.257 e. The number of hydrogen-bond acceptors (Lipinski definition) is 3. The Morgan fingerprint density at radius 3 is 2.00 bits per heavy atom. The van der Waals surface area contributed by atoms with Crippen LogP contribution in [0.25, 0.3) is 22.6 Å². The second-order valence-corrected chi connectivity index (χ2v) is 5.39. The summed E-state index contributed by atoms with van der Waals surface area (Å²) in [6.45, 7) is 4.27. The van der Waals surface area contributed by atoms with E-state index in [2.05, 4.69) is 60.4 Å². The molecule has 3 nitrogen and oxygen atoms in total. The van der Waals surface area contributed by atoms with E-state index in [0.29, 0.717) is 5.89 Å². The summed E-state index contributed by atoms with van der Waals surface area (Å²) in [5.41, 5.74) is 4.74. The Hall–Kier alpha value is -2.42. The fraction of sp³-hybridized carbons (Fsp3) is 0.263. The zero-order chi connectivity index (χ0) is 15.4. The van der Waals surface area contributed by atoms with Crippen LogP contribution in [0.4, 0.5) is 0 Å². The number of aromatic nitrogens is 2. The summed E-state index contributed by atoms with van der Waals surface area (Å²) in [5.74, 6) is 1.37. The van der Waals surface area contributed by atoms with Crippen molar-refractivity contribution in [3.63, 3.8) is 0 Å². The lowest BCUT2D eigenvalue weighted by molar-refractivity contribution is 0.422. The van der Waals surface area contributed by atoms with Crippen molar-refractivity contribution < 1.29 is 4.52 Å². The predicted octanol–water partition coefficient (Wildman–Crippen LogP) is 4.92. The molecule has 3 heteroatoms. The van der Waals surface area contributed by atoms with Gasteiger partial charge >= 0.3 is 0 Å². The third-order valence-corrected chi connectivity index (χ3v) is 3.77. The lowest BCUT2D eigenvalue weighted by Crippen LogP contribution is -1.86. The van der Waals surface area contributed by atoms with Crippen LogP contribution in [-0.2, 0) is 12.8 Å². The molecule has 0 aliphatic carbocycles. The summed E-state index contributed by atoms with van der Waals surface area (Å²) in [5, 5.41) is 4.00. The van der Waals surface area contributed by atoms with Gasteiger partial charge in [0.1, 0.15) is 0 Å². The third kappa shape index (κ3) is 3.08. The predicted molar refractivity (Wildman–Crippen MR) is 88.5 cm³/mol. The molecule has 0 amide bonds. The molecule has 0 saturated carbocycles. The number of benzene rings is 2. The van der Waals surface area contributed by atoms with Gasteiger partial charge in [-0.3, -0.25) is 0 Å². The van der Waals surface area contributed by atoms with E-state index in [9.17, 15) is 0 Å². The average Bonchev–Trinajstić information content (AvgIpc) is 3.04. The monoisotopic (exact) mass is 292 g/mol. The van der Waals surface area contributed by atoms with Crippen LogP contribution in [0.2, 0.25) is 0 Å². The molecule has 0 radical (unpaired) electrons. The second kappa shape index (κ2) is 6.56. The highest BCUT2D eigenvalue weighted by atomic mass is 16.5. The zero-order valence-electron chi connectivity index (χ0n) is 13.0. The maximum Gasteiger partial charge on any atom is 0.257 e. The normalized spacial score (nSPS) is 10.8. The first-order valence-corrected chi connectivity index (χ1v) is 7.82.